The minimum absolute atomic E-state index is 0.291. The number of nitrogens with two attached hydrogens (primary N) is 1. The summed E-state index contributed by atoms with van der Waals surface area (Å²) in [7, 11) is 0. The van der Waals surface area contributed by atoms with Crippen LogP contribution in [-0.4, -0.2) is 6.79 Å². The van der Waals surface area contributed by atoms with E-state index < -0.39 is 0 Å². The van der Waals surface area contributed by atoms with Gasteiger partial charge in [-0.05, 0) is 36.8 Å². The molecule has 0 radical (unpaired) electrons. The molecular weight excluding hydrogens is 306 g/mol. The van der Waals surface area contributed by atoms with Gasteiger partial charge < -0.3 is 15.2 Å². The number of rotatable bonds is 3. The van der Waals surface area contributed by atoms with Gasteiger partial charge >= 0.3 is 0 Å². The standard InChI is InChI=1S/C16H16ClNO2S/c1-10-2-3-14(18)15(4-10)21-8-12-6-13(17)5-11-7-19-9-20-16(11)12/h2-6H,7-9,18H2,1H3. The van der Waals surface area contributed by atoms with Gasteiger partial charge in [-0.25, -0.2) is 0 Å². The molecule has 1 aliphatic rings. The minimum atomic E-state index is 0.291. The Kier molecular flexibility index (Phi) is 4.29. The number of hydrogen-bond donors (Lipinski definition) is 1. The highest BCUT2D eigenvalue weighted by Crippen LogP contribution is 2.36. The Hall–Kier alpha value is -1.36. The molecule has 1 heterocycles. The van der Waals surface area contributed by atoms with Gasteiger partial charge in [0.2, 0.25) is 0 Å². The van der Waals surface area contributed by atoms with Crippen LogP contribution in [0.1, 0.15) is 16.7 Å². The molecule has 0 atom stereocenters. The average Bonchev–Trinajstić information content (AvgIpc) is 2.47. The van der Waals surface area contributed by atoms with Crippen LogP contribution in [0.3, 0.4) is 0 Å². The zero-order valence-corrected chi connectivity index (χ0v) is 13.3. The topological polar surface area (TPSA) is 44.5 Å². The molecule has 0 aliphatic carbocycles. The Labute approximate surface area is 133 Å². The molecule has 5 heteroatoms. The Morgan fingerprint density at radius 2 is 2.14 bits per heavy atom. The number of anilines is 1. The van der Waals surface area contributed by atoms with Crippen molar-refractivity contribution in [3.05, 3.63) is 52.0 Å². The molecule has 2 aromatic rings. The van der Waals surface area contributed by atoms with E-state index in [0.29, 0.717) is 18.4 Å². The first-order valence-corrected chi connectivity index (χ1v) is 8.00. The maximum Gasteiger partial charge on any atom is 0.189 e. The molecule has 0 aromatic heterocycles. The summed E-state index contributed by atoms with van der Waals surface area (Å²) in [4.78, 5) is 1.08. The smallest absolute Gasteiger partial charge is 0.189 e. The number of hydrogen-bond acceptors (Lipinski definition) is 4. The van der Waals surface area contributed by atoms with Gasteiger partial charge in [0.15, 0.2) is 6.79 Å². The fraction of sp³-hybridized carbons (Fsp3) is 0.250. The third-order valence-electron chi connectivity index (χ3n) is 3.30. The van der Waals surface area contributed by atoms with Crippen molar-refractivity contribution in [1.29, 1.82) is 0 Å². The molecule has 3 nitrogen and oxygen atoms in total. The van der Waals surface area contributed by atoms with Crippen molar-refractivity contribution in [3.63, 3.8) is 0 Å². The summed E-state index contributed by atoms with van der Waals surface area (Å²) in [6, 6.07) is 9.90. The summed E-state index contributed by atoms with van der Waals surface area (Å²) < 4.78 is 10.9. The number of ether oxygens (including phenoxy) is 2. The second kappa shape index (κ2) is 6.18. The predicted molar refractivity (Wildman–Crippen MR) is 86.9 cm³/mol. The molecule has 3 rings (SSSR count). The Bertz CT molecular complexity index is 676. The van der Waals surface area contributed by atoms with Crippen LogP contribution in [0.25, 0.3) is 0 Å². The Morgan fingerprint density at radius 1 is 1.29 bits per heavy atom. The molecule has 110 valence electrons. The van der Waals surface area contributed by atoms with Crippen molar-refractivity contribution < 1.29 is 9.47 Å². The van der Waals surface area contributed by atoms with Crippen molar-refractivity contribution in [1.82, 2.24) is 0 Å². The summed E-state index contributed by atoms with van der Waals surface area (Å²) in [5, 5.41) is 0.704. The Balaban J connectivity index is 1.85. The first-order valence-electron chi connectivity index (χ1n) is 6.64. The SMILES string of the molecule is Cc1ccc(N)c(SCc2cc(Cl)cc3c2OCOC3)c1. The number of thioether (sulfide) groups is 1. The van der Waals surface area contributed by atoms with Crippen molar-refractivity contribution in [3.8, 4) is 5.75 Å². The van der Waals surface area contributed by atoms with Crippen LogP contribution >= 0.6 is 23.4 Å². The Morgan fingerprint density at radius 3 is 3.00 bits per heavy atom. The van der Waals surface area contributed by atoms with Crippen molar-refractivity contribution in [2.75, 3.05) is 12.5 Å². The lowest BCUT2D eigenvalue weighted by Gasteiger charge is -2.21. The van der Waals surface area contributed by atoms with Crippen LogP contribution in [0.4, 0.5) is 5.69 Å². The van der Waals surface area contributed by atoms with Gasteiger partial charge in [-0.1, -0.05) is 17.7 Å². The van der Waals surface area contributed by atoms with Crippen molar-refractivity contribution >= 4 is 29.1 Å². The van der Waals surface area contributed by atoms with Gasteiger partial charge in [-0.3, -0.25) is 0 Å². The molecule has 0 bridgehead atoms. The second-order valence-corrected chi connectivity index (χ2v) is 6.45. The fourth-order valence-electron chi connectivity index (χ4n) is 2.29. The zero-order chi connectivity index (χ0) is 14.8. The van der Waals surface area contributed by atoms with Gasteiger partial charge in [0.05, 0.1) is 6.61 Å². The largest absolute Gasteiger partial charge is 0.467 e. The second-order valence-electron chi connectivity index (χ2n) is 4.99. The van der Waals surface area contributed by atoms with E-state index >= 15 is 0 Å². The summed E-state index contributed by atoms with van der Waals surface area (Å²) in [5.41, 5.74) is 10.1. The van der Waals surface area contributed by atoms with Gasteiger partial charge in [0.25, 0.3) is 0 Å². The lowest BCUT2D eigenvalue weighted by atomic mass is 10.1. The van der Waals surface area contributed by atoms with Gasteiger partial charge in [-0.2, -0.15) is 0 Å². The van der Waals surface area contributed by atoms with Gasteiger partial charge in [0, 0.05) is 32.5 Å². The predicted octanol–water partition coefficient (Wildman–Crippen LogP) is 4.39. The number of aryl methyl sites for hydroxylation is 1. The first-order chi connectivity index (χ1) is 10.1. The molecule has 2 N–H and O–H groups in total. The lowest BCUT2D eigenvalue weighted by molar-refractivity contribution is -0.0168. The molecule has 0 amide bonds. The molecule has 0 fully saturated rings. The lowest BCUT2D eigenvalue weighted by Crippen LogP contribution is -2.12. The summed E-state index contributed by atoms with van der Waals surface area (Å²) in [6.45, 7) is 2.89. The minimum Gasteiger partial charge on any atom is -0.467 e. The number of fused-ring (bicyclic) bond motifs is 1. The van der Waals surface area contributed by atoms with E-state index in [1.54, 1.807) is 11.8 Å². The van der Waals surface area contributed by atoms with Crippen LogP contribution in [0.2, 0.25) is 5.02 Å². The van der Waals surface area contributed by atoms with Crippen LogP contribution < -0.4 is 10.5 Å². The molecule has 21 heavy (non-hydrogen) atoms. The molecule has 0 saturated heterocycles. The highest BCUT2D eigenvalue weighted by atomic mass is 35.5. The molecule has 0 unspecified atom stereocenters. The quantitative estimate of drug-likeness (QED) is 0.672. The molecular formula is C16H16ClNO2S. The van der Waals surface area contributed by atoms with Crippen molar-refractivity contribution in [2.45, 2.75) is 24.2 Å². The molecule has 0 spiro atoms. The van der Waals surface area contributed by atoms with E-state index in [1.807, 2.05) is 24.3 Å². The zero-order valence-electron chi connectivity index (χ0n) is 11.7. The van der Waals surface area contributed by atoms with E-state index in [2.05, 4.69) is 13.0 Å². The maximum atomic E-state index is 6.17. The average molecular weight is 322 g/mol. The van der Waals surface area contributed by atoms with E-state index in [1.165, 1.54) is 5.56 Å². The molecule has 1 aliphatic heterocycles. The summed E-state index contributed by atoms with van der Waals surface area (Å²) >= 11 is 7.87. The molecule has 2 aromatic carbocycles. The monoisotopic (exact) mass is 321 g/mol. The number of halogens is 1. The van der Waals surface area contributed by atoms with E-state index in [4.69, 9.17) is 26.8 Å². The maximum absolute atomic E-state index is 6.17. The number of nitrogen functional groups attached to an aromatic ring is 1. The molecule has 0 saturated carbocycles. The fourth-order valence-corrected chi connectivity index (χ4v) is 3.58. The summed E-state index contributed by atoms with van der Waals surface area (Å²) in [6.07, 6.45) is 0. The van der Waals surface area contributed by atoms with Crippen LogP contribution in [0.15, 0.2) is 35.2 Å². The third-order valence-corrected chi connectivity index (χ3v) is 4.64. The van der Waals surface area contributed by atoms with Crippen molar-refractivity contribution in [2.24, 2.45) is 0 Å². The van der Waals surface area contributed by atoms with Crippen LogP contribution in [0.5, 0.6) is 5.75 Å². The first kappa shape index (κ1) is 14.6. The van der Waals surface area contributed by atoms with Crippen LogP contribution in [0, 0.1) is 6.92 Å². The highest BCUT2D eigenvalue weighted by molar-refractivity contribution is 7.98. The normalized spacial score (nSPS) is 13.6. The van der Waals surface area contributed by atoms with Gasteiger partial charge in [0.1, 0.15) is 5.75 Å². The third kappa shape index (κ3) is 3.28. The van der Waals surface area contributed by atoms with Crippen LogP contribution in [-0.2, 0) is 17.1 Å². The van der Waals surface area contributed by atoms with E-state index in [-0.39, 0.29) is 0 Å². The van der Waals surface area contributed by atoms with E-state index in [9.17, 15) is 0 Å². The number of benzene rings is 2. The van der Waals surface area contributed by atoms with E-state index in [0.717, 1.165) is 33.2 Å². The van der Waals surface area contributed by atoms with Gasteiger partial charge in [-0.15, -0.1) is 11.8 Å². The summed E-state index contributed by atoms with van der Waals surface area (Å²) in [5.74, 6) is 1.65. The highest BCUT2D eigenvalue weighted by Gasteiger charge is 2.16.